The highest BCUT2D eigenvalue weighted by molar-refractivity contribution is 5.96. The number of amides is 1. The van der Waals surface area contributed by atoms with E-state index in [1.165, 1.54) is 0 Å². The summed E-state index contributed by atoms with van der Waals surface area (Å²) in [5.74, 6) is 6.24. The number of carbonyl (C=O) groups excluding carboxylic acids is 1. The summed E-state index contributed by atoms with van der Waals surface area (Å²) >= 11 is 0. The maximum absolute atomic E-state index is 12.0. The number of rotatable bonds is 2. The summed E-state index contributed by atoms with van der Waals surface area (Å²) in [7, 11) is 1.56. The zero-order valence-corrected chi connectivity index (χ0v) is 11.8. The van der Waals surface area contributed by atoms with Gasteiger partial charge in [0.05, 0.1) is 19.3 Å². The molecule has 0 saturated carbocycles. The van der Waals surface area contributed by atoms with E-state index in [2.05, 4.69) is 17.2 Å². The summed E-state index contributed by atoms with van der Waals surface area (Å²) < 4.78 is 5.23. The zero-order chi connectivity index (χ0) is 14.5. The minimum atomic E-state index is -0.468. The first-order valence-electron chi connectivity index (χ1n) is 6.07. The second-order valence-corrected chi connectivity index (χ2v) is 5.13. The first-order chi connectivity index (χ1) is 8.88. The largest absolute Gasteiger partial charge is 0.495 e. The van der Waals surface area contributed by atoms with E-state index in [4.69, 9.17) is 10.5 Å². The van der Waals surface area contributed by atoms with Crippen LogP contribution >= 0.6 is 0 Å². The van der Waals surface area contributed by atoms with Crippen LogP contribution in [0.15, 0.2) is 18.2 Å². The Morgan fingerprint density at radius 3 is 2.63 bits per heavy atom. The molecule has 0 unspecified atom stereocenters. The van der Waals surface area contributed by atoms with E-state index in [1.807, 2.05) is 26.8 Å². The summed E-state index contributed by atoms with van der Waals surface area (Å²) in [6.45, 7) is 5.86. The predicted molar refractivity (Wildman–Crippen MR) is 77.0 cm³/mol. The van der Waals surface area contributed by atoms with E-state index >= 15 is 0 Å². The average Bonchev–Trinajstić information content (AvgIpc) is 2.35. The van der Waals surface area contributed by atoms with Crippen LogP contribution < -0.4 is 15.8 Å². The lowest BCUT2D eigenvalue weighted by molar-refractivity contribution is -0.123. The normalized spacial score (nSPS) is 10.4. The van der Waals surface area contributed by atoms with Gasteiger partial charge in [0.2, 0.25) is 5.91 Å². The lowest BCUT2D eigenvalue weighted by atomic mass is 9.95. The average molecular weight is 260 g/mol. The number of benzene rings is 1. The molecule has 3 N–H and O–H groups in total. The third-order valence-corrected chi connectivity index (χ3v) is 2.46. The molecule has 0 heterocycles. The van der Waals surface area contributed by atoms with Crippen molar-refractivity contribution in [3.8, 4) is 17.6 Å². The number of methoxy groups -OCH3 is 1. The molecule has 4 heteroatoms. The van der Waals surface area contributed by atoms with Crippen molar-refractivity contribution in [1.82, 2.24) is 0 Å². The maximum Gasteiger partial charge on any atom is 0.229 e. The fourth-order valence-corrected chi connectivity index (χ4v) is 1.35. The molecule has 0 aliphatic heterocycles. The van der Waals surface area contributed by atoms with Crippen LogP contribution in [0.4, 0.5) is 5.69 Å². The van der Waals surface area contributed by atoms with Gasteiger partial charge in [-0.05, 0) is 18.2 Å². The topological polar surface area (TPSA) is 64.3 Å². The molecule has 0 aliphatic carbocycles. The molecule has 102 valence electrons. The van der Waals surface area contributed by atoms with Gasteiger partial charge in [-0.3, -0.25) is 4.79 Å². The van der Waals surface area contributed by atoms with Gasteiger partial charge in [-0.2, -0.15) is 0 Å². The molecule has 0 spiro atoms. The van der Waals surface area contributed by atoms with E-state index < -0.39 is 5.41 Å². The van der Waals surface area contributed by atoms with Crippen molar-refractivity contribution < 1.29 is 9.53 Å². The van der Waals surface area contributed by atoms with Gasteiger partial charge in [-0.25, -0.2) is 0 Å². The standard InChI is InChI=1S/C15H20N2O2/c1-15(2,3)14(18)17-12-10-11(6-5-9-16)7-8-13(12)19-4/h7-8,10H,9,16H2,1-4H3,(H,17,18). The van der Waals surface area contributed by atoms with Gasteiger partial charge in [0.15, 0.2) is 0 Å². The molecule has 0 aromatic heterocycles. The van der Waals surface area contributed by atoms with Crippen LogP contribution in [0.25, 0.3) is 0 Å². The molecule has 0 atom stereocenters. The molecule has 1 aromatic rings. The fourth-order valence-electron chi connectivity index (χ4n) is 1.35. The van der Waals surface area contributed by atoms with Gasteiger partial charge in [-0.15, -0.1) is 0 Å². The highest BCUT2D eigenvalue weighted by Crippen LogP contribution is 2.27. The third-order valence-electron chi connectivity index (χ3n) is 2.46. The van der Waals surface area contributed by atoms with Crippen LogP contribution in [-0.2, 0) is 4.79 Å². The monoisotopic (exact) mass is 260 g/mol. The predicted octanol–water partition coefficient (Wildman–Crippen LogP) is 1.99. The number of anilines is 1. The van der Waals surface area contributed by atoms with Crippen molar-refractivity contribution in [3.05, 3.63) is 23.8 Å². The van der Waals surface area contributed by atoms with E-state index in [9.17, 15) is 4.79 Å². The quantitative estimate of drug-likeness (QED) is 0.799. The molecule has 0 bridgehead atoms. The molecule has 1 amide bonds. The van der Waals surface area contributed by atoms with Gasteiger partial charge in [0.25, 0.3) is 0 Å². The van der Waals surface area contributed by atoms with Crippen LogP contribution in [-0.4, -0.2) is 19.6 Å². The van der Waals surface area contributed by atoms with E-state index in [-0.39, 0.29) is 5.91 Å². The Kier molecular flexibility index (Phi) is 4.96. The number of carbonyl (C=O) groups is 1. The lowest BCUT2D eigenvalue weighted by Gasteiger charge is -2.19. The van der Waals surface area contributed by atoms with Crippen molar-refractivity contribution in [1.29, 1.82) is 0 Å². The van der Waals surface area contributed by atoms with Gasteiger partial charge >= 0.3 is 0 Å². The number of nitrogens with two attached hydrogens (primary N) is 1. The molecule has 1 rings (SSSR count). The Bertz CT molecular complexity index is 519. The molecule has 0 radical (unpaired) electrons. The Morgan fingerprint density at radius 2 is 2.11 bits per heavy atom. The van der Waals surface area contributed by atoms with E-state index in [1.54, 1.807) is 19.2 Å². The SMILES string of the molecule is COc1ccc(C#CCN)cc1NC(=O)C(C)(C)C. The number of hydrogen-bond acceptors (Lipinski definition) is 3. The molecule has 4 nitrogen and oxygen atoms in total. The van der Waals surface area contributed by atoms with Gasteiger partial charge in [0, 0.05) is 11.0 Å². The summed E-state index contributed by atoms with van der Waals surface area (Å²) in [6, 6.07) is 5.39. The van der Waals surface area contributed by atoms with Crippen molar-refractivity contribution in [2.75, 3.05) is 19.0 Å². The number of hydrogen-bond donors (Lipinski definition) is 2. The minimum Gasteiger partial charge on any atom is -0.495 e. The third kappa shape index (κ3) is 4.31. The van der Waals surface area contributed by atoms with Gasteiger partial charge < -0.3 is 15.8 Å². The molecule has 19 heavy (non-hydrogen) atoms. The van der Waals surface area contributed by atoms with E-state index in [0.29, 0.717) is 18.0 Å². The summed E-state index contributed by atoms with van der Waals surface area (Å²) in [5.41, 5.74) is 6.28. The molecule has 1 aromatic carbocycles. The molecule has 0 fully saturated rings. The van der Waals surface area contributed by atoms with Crippen LogP contribution in [0.5, 0.6) is 5.75 Å². The summed E-state index contributed by atoms with van der Waals surface area (Å²) in [6.07, 6.45) is 0. The Morgan fingerprint density at radius 1 is 1.42 bits per heavy atom. The molecular formula is C15H20N2O2. The molecular weight excluding hydrogens is 240 g/mol. The minimum absolute atomic E-state index is 0.0743. The summed E-state index contributed by atoms with van der Waals surface area (Å²) in [4.78, 5) is 12.0. The van der Waals surface area contributed by atoms with Crippen LogP contribution in [0.3, 0.4) is 0 Å². The first kappa shape index (κ1) is 15.1. The lowest BCUT2D eigenvalue weighted by Crippen LogP contribution is -2.27. The molecule has 0 saturated heterocycles. The Balaban J connectivity index is 3.06. The van der Waals surface area contributed by atoms with Crippen molar-refractivity contribution in [3.63, 3.8) is 0 Å². The Hall–Kier alpha value is -1.99. The summed E-state index contributed by atoms with van der Waals surface area (Å²) in [5, 5.41) is 2.86. The zero-order valence-electron chi connectivity index (χ0n) is 11.8. The van der Waals surface area contributed by atoms with Crippen LogP contribution in [0, 0.1) is 17.3 Å². The highest BCUT2D eigenvalue weighted by atomic mass is 16.5. The number of ether oxygens (including phenoxy) is 1. The van der Waals surface area contributed by atoms with Crippen molar-refractivity contribution in [2.45, 2.75) is 20.8 Å². The second-order valence-electron chi connectivity index (χ2n) is 5.13. The molecule has 0 aliphatic rings. The number of nitrogens with one attached hydrogen (secondary N) is 1. The van der Waals surface area contributed by atoms with Gasteiger partial charge in [-0.1, -0.05) is 32.6 Å². The smallest absolute Gasteiger partial charge is 0.229 e. The van der Waals surface area contributed by atoms with Crippen LogP contribution in [0.2, 0.25) is 0 Å². The van der Waals surface area contributed by atoms with Gasteiger partial charge in [0.1, 0.15) is 5.75 Å². The fraction of sp³-hybridized carbons (Fsp3) is 0.400. The second kappa shape index (κ2) is 6.26. The first-order valence-corrected chi connectivity index (χ1v) is 6.07. The van der Waals surface area contributed by atoms with Crippen LogP contribution in [0.1, 0.15) is 26.3 Å². The maximum atomic E-state index is 12.0. The van der Waals surface area contributed by atoms with Crippen molar-refractivity contribution in [2.24, 2.45) is 11.1 Å². The Labute approximate surface area is 114 Å². The van der Waals surface area contributed by atoms with E-state index in [0.717, 1.165) is 5.56 Å². The van der Waals surface area contributed by atoms with Crippen molar-refractivity contribution >= 4 is 11.6 Å². The highest BCUT2D eigenvalue weighted by Gasteiger charge is 2.22.